The Bertz CT molecular complexity index is 569. The molecular weight excluding hydrogens is 316 g/mol. The molecule has 5 heteroatoms. The lowest BCUT2D eigenvalue weighted by Gasteiger charge is -2.10. The molecule has 0 unspecified atom stereocenters. The number of rotatable bonds is 4. The topological polar surface area (TPSA) is 21.3 Å². The SMILES string of the molecule is COc1ccc(NCc2c(F)cccc2F)cc1Br. The number of halogens is 3. The molecule has 0 aliphatic rings. The highest BCUT2D eigenvalue weighted by Crippen LogP contribution is 2.28. The van der Waals surface area contributed by atoms with E-state index in [0.29, 0.717) is 5.75 Å². The van der Waals surface area contributed by atoms with Gasteiger partial charge >= 0.3 is 0 Å². The maximum Gasteiger partial charge on any atom is 0.133 e. The van der Waals surface area contributed by atoms with Crippen LogP contribution in [0.15, 0.2) is 40.9 Å². The third-order valence-corrected chi connectivity index (χ3v) is 3.30. The molecule has 19 heavy (non-hydrogen) atoms. The van der Waals surface area contributed by atoms with Crippen LogP contribution in [0.1, 0.15) is 5.56 Å². The normalized spacial score (nSPS) is 10.3. The second-order valence-electron chi connectivity index (χ2n) is 3.90. The zero-order valence-electron chi connectivity index (χ0n) is 10.2. The van der Waals surface area contributed by atoms with Crippen molar-refractivity contribution in [3.05, 3.63) is 58.1 Å². The zero-order chi connectivity index (χ0) is 13.8. The summed E-state index contributed by atoms with van der Waals surface area (Å²) in [7, 11) is 1.57. The van der Waals surface area contributed by atoms with Gasteiger partial charge in [0.15, 0.2) is 0 Å². The quantitative estimate of drug-likeness (QED) is 0.901. The number of benzene rings is 2. The van der Waals surface area contributed by atoms with E-state index in [9.17, 15) is 8.78 Å². The van der Waals surface area contributed by atoms with E-state index >= 15 is 0 Å². The van der Waals surface area contributed by atoms with E-state index in [0.717, 1.165) is 10.2 Å². The van der Waals surface area contributed by atoms with Gasteiger partial charge < -0.3 is 10.1 Å². The number of hydrogen-bond acceptors (Lipinski definition) is 2. The van der Waals surface area contributed by atoms with Gasteiger partial charge in [-0.25, -0.2) is 8.78 Å². The fourth-order valence-corrected chi connectivity index (χ4v) is 2.21. The van der Waals surface area contributed by atoms with Crippen molar-refractivity contribution in [3.8, 4) is 5.75 Å². The standard InChI is InChI=1S/C14H12BrF2NO/c1-19-14-6-5-9(7-11(14)15)18-8-10-12(16)3-2-4-13(10)17/h2-7,18H,8H2,1H3. The van der Waals surface area contributed by atoms with Crippen LogP contribution in [0.25, 0.3) is 0 Å². The first-order valence-corrected chi connectivity index (χ1v) is 6.41. The van der Waals surface area contributed by atoms with Gasteiger partial charge in [-0.15, -0.1) is 0 Å². The fraction of sp³-hybridized carbons (Fsp3) is 0.143. The molecule has 2 rings (SSSR count). The van der Waals surface area contributed by atoms with Crippen LogP contribution in [0.5, 0.6) is 5.75 Å². The maximum absolute atomic E-state index is 13.4. The fourth-order valence-electron chi connectivity index (χ4n) is 1.67. The smallest absolute Gasteiger partial charge is 0.133 e. The van der Waals surface area contributed by atoms with Gasteiger partial charge in [-0.2, -0.15) is 0 Å². The second kappa shape index (κ2) is 6.02. The highest BCUT2D eigenvalue weighted by Gasteiger charge is 2.08. The molecular formula is C14H12BrF2NO. The van der Waals surface area contributed by atoms with Gasteiger partial charge in [-0.1, -0.05) is 6.07 Å². The molecule has 0 aromatic heterocycles. The van der Waals surface area contributed by atoms with Crippen LogP contribution in [-0.2, 0) is 6.54 Å². The van der Waals surface area contributed by atoms with Crippen molar-refractivity contribution in [1.82, 2.24) is 0 Å². The van der Waals surface area contributed by atoms with Gasteiger partial charge in [-0.3, -0.25) is 0 Å². The molecule has 0 atom stereocenters. The lowest BCUT2D eigenvalue weighted by atomic mass is 10.2. The van der Waals surface area contributed by atoms with E-state index in [1.165, 1.54) is 18.2 Å². The highest BCUT2D eigenvalue weighted by atomic mass is 79.9. The van der Waals surface area contributed by atoms with Gasteiger partial charge in [0.25, 0.3) is 0 Å². The Labute approximate surface area is 118 Å². The molecule has 0 saturated carbocycles. The molecule has 0 radical (unpaired) electrons. The first-order valence-electron chi connectivity index (χ1n) is 5.62. The van der Waals surface area contributed by atoms with Gasteiger partial charge in [-0.05, 0) is 46.3 Å². The van der Waals surface area contributed by atoms with E-state index in [4.69, 9.17) is 4.74 Å². The van der Waals surface area contributed by atoms with Crippen molar-refractivity contribution in [2.75, 3.05) is 12.4 Å². The molecule has 0 saturated heterocycles. The van der Waals surface area contributed by atoms with Gasteiger partial charge in [0, 0.05) is 17.8 Å². The molecule has 0 aliphatic carbocycles. The van der Waals surface area contributed by atoms with Crippen molar-refractivity contribution in [2.24, 2.45) is 0 Å². The Balaban J connectivity index is 2.13. The Morgan fingerprint density at radius 2 is 1.84 bits per heavy atom. The van der Waals surface area contributed by atoms with Gasteiger partial charge in [0.05, 0.1) is 11.6 Å². The molecule has 2 aromatic carbocycles. The zero-order valence-corrected chi connectivity index (χ0v) is 11.8. The van der Waals surface area contributed by atoms with Crippen molar-refractivity contribution in [1.29, 1.82) is 0 Å². The van der Waals surface area contributed by atoms with Gasteiger partial charge in [0.1, 0.15) is 17.4 Å². The van der Waals surface area contributed by atoms with Crippen molar-refractivity contribution >= 4 is 21.6 Å². The third-order valence-electron chi connectivity index (χ3n) is 2.68. The molecule has 0 bridgehead atoms. The Hall–Kier alpha value is -1.62. The summed E-state index contributed by atoms with van der Waals surface area (Å²) >= 11 is 3.35. The van der Waals surface area contributed by atoms with E-state index in [-0.39, 0.29) is 12.1 Å². The third kappa shape index (κ3) is 3.23. The monoisotopic (exact) mass is 327 g/mol. The number of hydrogen-bond donors (Lipinski definition) is 1. The van der Waals surface area contributed by atoms with Gasteiger partial charge in [0.2, 0.25) is 0 Å². The summed E-state index contributed by atoms with van der Waals surface area (Å²) in [5.41, 5.74) is 0.768. The second-order valence-corrected chi connectivity index (χ2v) is 4.76. The van der Waals surface area contributed by atoms with E-state index in [1.807, 2.05) is 0 Å². The minimum absolute atomic E-state index is 0.0226. The molecule has 2 aromatic rings. The van der Waals surface area contributed by atoms with Crippen LogP contribution in [0, 0.1) is 11.6 Å². The number of ether oxygens (including phenoxy) is 1. The summed E-state index contributed by atoms with van der Waals surface area (Å²) in [6.07, 6.45) is 0. The summed E-state index contributed by atoms with van der Waals surface area (Å²) < 4.78 is 32.8. The number of anilines is 1. The van der Waals surface area contributed by atoms with E-state index < -0.39 is 11.6 Å². The molecule has 0 fully saturated rings. The average Bonchev–Trinajstić information content (AvgIpc) is 2.38. The average molecular weight is 328 g/mol. The molecule has 1 N–H and O–H groups in total. The predicted molar refractivity (Wildman–Crippen MR) is 74.4 cm³/mol. The lowest BCUT2D eigenvalue weighted by Crippen LogP contribution is -2.04. The van der Waals surface area contributed by atoms with Crippen LogP contribution in [0.3, 0.4) is 0 Å². The van der Waals surface area contributed by atoms with Crippen LogP contribution >= 0.6 is 15.9 Å². The summed E-state index contributed by atoms with van der Waals surface area (Å²) in [6, 6.07) is 9.16. The number of methoxy groups -OCH3 is 1. The Morgan fingerprint density at radius 1 is 1.16 bits per heavy atom. The lowest BCUT2D eigenvalue weighted by molar-refractivity contribution is 0.412. The predicted octanol–water partition coefficient (Wildman–Crippen LogP) is 4.35. The van der Waals surface area contributed by atoms with Crippen molar-refractivity contribution < 1.29 is 13.5 Å². The minimum atomic E-state index is -0.555. The maximum atomic E-state index is 13.4. The summed E-state index contributed by atoms with van der Waals surface area (Å²) in [4.78, 5) is 0. The Morgan fingerprint density at radius 3 is 2.42 bits per heavy atom. The Kier molecular flexibility index (Phi) is 4.37. The van der Waals surface area contributed by atoms with Crippen LogP contribution in [0.4, 0.5) is 14.5 Å². The van der Waals surface area contributed by atoms with Crippen molar-refractivity contribution in [3.63, 3.8) is 0 Å². The van der Waals surface area contributed by atoms with Crippen molar-refractivity contribution in [2.45, 2.75) is 6.54 Å². The molecule has 0 heterocycles. The molecule has 0 aliphatic heterocycles. The molecule has 2 nitrogen and oxygen atoms in total. The first-order chi connectivity index (χ1) is 9.11. The molecule has 0 amide bonds. The minimum Gasteiger partial charge on any atom is -0.496 e. The number of nitrogens with one attached hydrogen (secondary N) is 1. The highest BCUT2D eigenvalue weighted by molar-refractivity contribution is 9.10. The van der Waals surface area contributed by atoms with Crippen LogP contribution < -0.4 is 10.1 Å². The van der Waals surface area contributed by atoms with E-state index in [2.05, 4.69) is 21.2 Å². The first kappa shape index (κ1) is 13.8. The van der Waals surface area contributed by atoms with Crippen LogP contribution in [-0.4, -0.2) is 7.11 Å². The van der Waals surface area contributed by atoms with E-state index in [1.54, 1.807) is 25.3 Å². The summed E-state index contributed by atoms with van der Waals surface area (Å²) in [5.74, 6) is -0.414. The molecule has 100 valence electrons. The largest absolute Gasteiger partial charge is 0.496 e. The van der Waals surface area contributed by atoms with Crippen LogP contribution in [0.2, 0.25) is 0 Å². The molecule has 0 spiro atoms. The summed E-state index contributed by atoms with van der Waals surface area (Å²) in [5, 5.41) is 2.97. The summed E-state index contributed by atoms with van der Waals surface area (Å²) in [6.45, 7) is 0.0806.